The van der Waals surface area contributed by atoms with Crippen molar-refractivity contribution in [1.82, 2.24) is 14.8 Å². The highest BCUT2D eigenvalue weighted by atomic mass is 79.9. The van der Waals surface area contributed by atoms with E-state index in [9.17, 15) is 4.79 Å². The number of thioether (sulfide) groups is 1. The van der Waals surface area contributed by atoms with Crippen LogP contribution in [0.1, 0.15) is 28.7 Å². The van der Waals surface area contributed by atoms with Crippen molar-refractivity contribution in [3.05, 3.63) is 70.0 Å². The van der Waals surface area contributed by atoms with E-state index < -0.39 is 0 Å². The lowest BCUT2D eigenvalue weighted by atomic mass is 10.1. The Morgan fingerprint density at radius 1 is 1.19 bits per heavy atom. The van der Waals surface area contributed by atoms with Gasteiger partial charge in [0.2, 0.25) is 0 Å². The molecular weight excluding hydrogens is 426 g/mol. The lowest BCUT2D eigenvalue weighted by Gasteiger charge is -2.08. The molecule has 0 N–H and O–H groups in total. The number of benzene rings is 2. The Balaban J connectivity index is 1.69. The van der Waals surface area contributed by atoms with E-state index >= 15 is 0 Å². The first-order valence-corrected chi connectivity index (χ1v) is 10.4. The van der Waals surface area contributed by atoms with Gasteiger partial charge in [-0.25, -0.2) is 0 Å². The van der Waals surface area contributed by atoms with E-state index in [4.69, 9.17) is 4.74 Å². The van der Waals surface area contributed by atoms with E-state index in [0.717, 1.165) is 28.4 Å². The Bertz CT molecular complexity index is 928. The minimum Gasteiger partial charge on any atom is -0.496 e. The molecule has 0 amide bonds. The molecule has 0 bridgehead atoms. The van der Waals surface area contributed by atoms with Crippen molar-refractivity contribution in [3.8, 4) is 5.75 Å². The quantitative estimate of drug-likeness (QED) is 0.373. The summed E-state index contributed by atoms with van der Waals surface area (Å²) in [7, 11) is 1.60. The fraction of sp³-hybridized carbons (Fsp3) is 0.250. The van der Waals surface area contributed by atoms with Crippen molar-refractivity contribution >= 4 is 33.5 Å². The predicted molar refractivity (Wildman–Crippen MR) is 111 cm³/mol. The van der Waals surface area contributed by atoms with Gasteiger partial charge in [0.1, 0.15) is 11.6 Å². The molecule has 0 atom stereocenters. The summed E-state index contributed by atoms with van der Waals surface area (Å²) in [4.78, 5) is 12.5. The van der Waals surface area contributed by atoms with E-state index in [-0.39, 0.29) is 5.78 Å². The van der Waals surface area contributed by atoms with E-state index in [0.29, 0.717) is 17.1 Å². The fourth-order valence-electron chi connectivity index (χ4n) is 2.71. The number of methoxy groups -OCH3 is 1. The van der Waals surface area contributed by atoms with Crippen LogP contribution in [0.15, 0.2) is 58.2 Å². The van der Waals surface area contributed by atoms with Gasteiger partial charge in [0, 0.05) is 18.5 Å². The third kappa shape index (κ3) is 4.78. The number of rotatable bonds is 8. The molecule has 0 radical (unpaired) electrons. The molecule has 5 nitrogen and oxygen atoms in total. The topological polar surface area (TPSA) is 57.0 Å². The van der Waals surface area contributed by atoms with Gasteiger partial charge in [0.05, 0.1) is 17.3 Å². The number of hydrogen-bond acceptors (Lipinski definition) is 5. The Kier molecular flexibility index (Phi) is 6.68. The lowest BCUT2D eigenvalue weighted by Crippen LogP contribution is -2.07. The van der Waals surface area contributed by atoms with Crippen LogP contribution in [-0.2, 0) is 13.0 Å². The van der Waals surface area contributed by atoms with Gasteiger partial charge in [0.15, 0.2) is 10.9 Å². The number of halogens is 1. The van der Waals surface area contributed by atoms with Crippen LogP contribution in [0.5, 0.6) is 5.75 Å². The van der Waals surface area contributed by atoms with Crippen molar-refractivity contribution in [2.24, 2.45) is 0 Å². The lowest BCUT2D eigenvalue weighted by molar-refractivity contribution is 0.102. The number of hydrogen-bond donors (Lipinski definition) is 0. The first-order valence-electron chi connectivity index (χ1n) is 8.58. The molecular formula is C20H20BrN3O2S. The number of carbonyl (C=O) groups excluding carboxylic acids is 1. The summed E-state index contributed by atoms with van der Waals surface area (Å²) >= 11 is 4.83. The SMILES string of the molecule is CCn1c(Cc2ccccc2)nnc1SCC(=O)c1ccc(OC)c(Br)c1. The largest absolute Gasteiger partial charge is 0.496 e. The van der Waals surface area contributed by atoms with Gasteiger partial charge in [-0.05, 0) is 46.6 Å². The van der Waals surface area contributed by atoms with Crippen LogP contribution in [0, 0.1) is 0 Å². The predicted octanol–water partition coefficient (Wildman–Crippen LogP) is 4.63. The summed E-state index contributed by atoms with van der Waals surface area (Å²) < 4.78 is 8.04. The monoisotopic (exact) mass is 445 g/mol. The molecule has 1 aromatic heterocycles. The average Bonchev–Trinajstić information content (AvgIpc) is 3.08. The van der Waals surface area contributed by atoms with Crippen molar-refractivity contribution < 1.29 is 9.53 Å². The summed E-state index contributed by atoms with van der Waals surface area (Å²) in [5.74, 6) is 1.96. The molecule has 27 heavy (non-hydrogen) atoms. The first kappa shape index (κ1) is 19.6. The molecule has 7 heteroatoms. The summed E-state index contributed by atoms with van der Waals surface area (Å²) in [5.41, 5.74) is 1.83. The highest BCUT2D eigenvalue weighted by Gasteiger charge is 2.15. The smallest absolute Gasteiger partial charge is 0.191 e. The molecule has 0 unspecified atom stereocenters. The van der Waals surface area contributed by atoms with Crippen LogP contribution in [-0.4, -0.2) is 33.4 Å². The van der Waals surface area contributed by atoms with Gasteiger partial charge >= 0.3 is 0 Å². The molecule has 0 spiro atoms. The molecule has 3 rings (SSSR count). The number of ether oxygens (including phenoxy) is 1. The average molecular weight is 446 g/mol. The zero-order valence-electron chi connectivity index (χ0n) is 15.2. The van der Waals surface area contributed by atoms with Crippen molar-refractivity contribution in [3.63, 3.8) is 0 Å². The van der Waals surface area contributed by atoms with Crippen LogP contribution >= 0.6 is 27.7 Å². The van der Waals surface area contributed by atoms with Crippen LogP contribution in [0.4, 0.5) is 0 Å². The summed E-state index contributed by atoms with van der Waals surface area (Å²) in [6.45, 7) is 2.82. The fourth-order valence-corrected chi connectivity index (χ4v) is 4.16. The minimum absolute atomic E-state index is 0.0404. The highest BCUT2D eigenvalue weighted by Crippen LogP contribution is 2.27. The molecule has 0 fully saturated rings. The second-order valence-corrected chi connectivity index (χ2v) is 7.66. The summed E-state index contributed by atoms with van der Waals surface area (Å²) in [6.07, 6.45) is 0.724. The Hall–Kier alpha value is -2.12. The normalized spacial score (nSPS) is 10.8. The number of aromatic nitrogens is 3. The second-order valence-electron chi connectivity index (χ2n) is 5.87. The maximum Gasteiger partial charge on any atom is 0.191 e. The first-order chi connectivity index (χ1) is 13.1. The van der Waals surface area contributed by atoms with Crippen molar-refractivity contribution in [2.45, 2.75) is 25.0 Å². The van der Waals surface area contributed by atoms with Crippen molar-refractivity contribution in [1.29, 1.82) is 0 Å². The zero-order valence-corrected chi connectivity index (χ0v) is 17.6. The Labute approximate surface area is 171 Å². The molecule has 0 aliphatic rings. The highest BCUT2D eigenvalue weighted by molar-refractivity contribution is 9.10. The molecule has 0 aliphatic carbocycles. The molecule has 3 aromatic rings. The maximum atomic E-state index is 12.5. The van der Waals surface area contributed by atoms with Gasteiger partial charge < -0.3 is 9.30 Å². The molecule has 140 valence electrons. The van der Waals surface area contributed by atoms with Gasteiger partial charge in [-0.3, -0.25) is 4.79 Å². The summed E-state index contributed by atoms with van der Waals surface area (Å²) in [5, 5.41) is 9.38. The molecule has 0 saturated heterocycles. The van der Waals surface area contributed by atoms with Crippen LogP contribution in [0.2, 0.25) is 0 Å². The maximum absolute atomic E-state index is 12.5. The number of Topliss-reactive ketones (excluding diaryl/α,β-unsaturated/α-hetero) is 1. The molecule has 2 aromatic carbocycles. The van der Waals surface area contributed by atoms with Gasteiger partial charge in [-0.1, -0.05) is 42.1 Å². The van der Waals surface area contributed by atoms with E-state index in [1.54, 1.807) is 25.3 Å². The van der Waals surface area contributed by atoms with Gasteiger partial charge in [-0.2, -0.15) is 0 Å². The van der Waals surface area contributed by atoms with E-state index in [1.165, 1.54) is 17.3 Å². The Morgan fingerprint density at radius 3 is 2.63 bits per heavy atom. The number of ketones is 1. The zero-order chi connectivity index (χ0) is 19.2. The van der Waals surface area contributed by atoms with Crippen LogP contribution in [0.3, 0.4) is 0 Å². The standard InChI is InChI=1S/C20H20BrN3O2S/c1-3-24-19(11-14-7-5-4-6-8-14)22-23-20(24)27-13-17(25)15-9-10-18(26-2)16(21)12-15/h4-10,12H,3,11,13H2,1-2H3. The number of nitrogens with zero attached hydrogens (tertiary/aromatic N) is 3. The second kappa shape index (κ2) is 9.19. The Morgan fingerprint density at radius 2 is 1.96 bits per heavy atom. The third-order valence-corrected chi connectivity index (χ3v) is 5.71. The minimum atomic E-state index is 0.0404. The molecule has 0 saturated carbocycles. The number of carbonyl (C=O) groups is 1. The molecule has 1 heterocycles. The van der Waals surface area contributed by atoms with Crippen LogP contribution in [0.25, 0.3) is 0 Å². The van der Waals surface area contributed by atoms with Crippen molar-refractivity contribution in [2.75, 3.05) is 12.9 Å². The molecule has 0 aliphatic heterocycles. The van der Waals surface area contributed by atoms with Gasteiger partial charge in [0.25, 0.3) is 0 Å². The van der Waals surface area contributed by atoms with E-state index in [2.05, 4.69) is 49.8 Å². The van der Waals surface area contributed by atoms with E-state index in [1.807, 2.05) is 18.2 Å². The van der Waals surface area contributed by atoms with Crippen LogP contribution < -0.4 is 4.74 Å². The third-order valence-electron chi connectivity index (χ3n) is 4.12. The van der Waals surface area contributed by atoms with Gasteiger partial charge in [-0.15, -0.1) is 10.2 Å². The summed E-state index contributed by atoms with van der Waals surface area (Å²) in [6, 6.07) is 15.5.